The number of allylic oxidation sites excluding steroid dienone is 3. The third kappa shape index (κ3) is 7.49. The number of aromatic nitrogens is 1. The largest absolute Gasteiger partial charge is 0.493 e. The molecule has 2 aromatic rings. The lowest BCUT2D eigenvalue weighted by Crippen LogP contribution is -2.21. The number of nitrogens with zero attached hydrogens (tertiary/aromatic N) is 2. The topological polar surface area (TPSA) is 91.0 Å². The van der Waals surface area contributed by atoms with Crippen LogP contribution in [0.2, 0.25) is 0 Å². The van der Waals surface area contributed by atoms with Crippen LogP contribution in [0.15, 0.2) is 69.5 Å². The lowest BCUT2D eigenvalue weighted by Gasteiger charge is -2.18. The normalized spacial score (nSPS) is 20.7. The van der Waals surface area contributed by atoms with Crippen molar-refractivity contribution >= 4 is 11.9 Å². The minimum atomic E-state index is -0.0927. The maximum absolute atomic E-state index is 11.2. The van der Waals surface area contributed by atoms with E-state index in [1.807, 2.05) is 36.6 Å². The Bertz CT molecular complexity index is 1140. The summed E-state index contributed by atoms with van der Waals surface area (Å²) in [5.74, 6) is 2.32. The first kappa shape index (κ1) is 25.6. The number of H-pyrrole nitrogens is 1. The third-order valence-corrected chi connectivity index (χ3v) is 6.52. The Labute approximate surface area is 213 Å². The van der Waals surface area contributed by atoms with E-state index in [0.29, 0.717) is 13.2 Å². The average Bonchev–Trinajstić information content (AvgIpc) is 3.41. The molecule has 0 bridgehead atoms. The minimum absolute atomic E-state index is 0.0927. The Kier molecular flexibility index (Phi) is 9.21. The highest BCUT2D eigenvalue weighted by Gasteiger charge is 2.12. The molecule has 8 nitrogen and oxygen atoms in total. The highest BCUT2D eigenvalue weighted by atomic mass is 16.5. The SMILES string of the molecule is COc1ccc(NC2=C(/C)CC\C(NCc3ccc(=O)[nH]c3)=C/C=N\2)cc1OCCCN1CCCC1. The molecule has 0 saturated carbocycles. The number of benzene rings is 1. The highest BCUT2D eigenvalue weighted by Crippen LogP contribution is 2.31. The molecule has 0 amide bonds. The smallest absolute Gasteiger partial charge is 0.247 e. The Morgan fingerprint density at radius 1 is 1.11 bits per heavy atom. The zero-order valence-electron chi connectivity index (χ0n) is 21.3. The molecular weight excluding hydrogens is 454 g/mol. The number of pyridine rings is 1. The number of likely N-dealkylation sites (tertiary alicyclic amines) is 1. The van der Waals surface area contributed by atoms with Gasteiger partial charge in [0, 0.05) is 49.0 Å². The maximum Gasteiger partial charge on any atom is 0.247 e. The van der Waals surface area contributed by atoms with Gasteiger partial charge >= 0.3 is 0 Å². The molecular formula is C28H37N5O3. The van der Waals surface area contributed by atoms with Crippen LogP contribution < -0.4 is 25.7 Å². The van der Waals surface area contributed by atoms with E-state index in [4.69, 9.17) is 9.47 Å². The molecule has 3 heterocycles. The predicted molar refractivity (Wildman–Crippen MR) is 145 cm³/mol. The Hall–Kier alpha value is -3.52. The number of nitrogens with one attached hydrogen (secondary N) is 3. The van der Waals surface area contributed by atoms with Crippen molar-refractivity contribution in [1.29, 1.82) is 0 Å². The van der Waals surface area contributed by atoms with E-state index in [-0.39, 0.29) is 5.56 Å². The molecule has 0 aliphatic carbocycles. The predicted octanol–water partition coefficient (Wildman–Crippen LogP) is 4.43. The van der Waals surface area contributed by atoms with Gasteiger partial charge in [0.2, 0.25) is 5.56 Å². The first-order valence-electron chi connectivity index (χ1n) is 12.8. The lowest BCUT2D eigenvalue weighted by molar-refractivity contribution is 0.254. The molecule has 1 saturated heterocycles. The molecule has 3 N–H and O–H groups in total. The Balaban J connectivity index is 1.34. The van der Waals surface area contributed by atoms with E-state index < -0.39 is 0 Å². The summed E-state index contributed by atoms with van der Waals surface area (Å²) in [5.41, 5.74) is 4.13. The van der Waals surface area contributed by atoms with Gasteiger partial charge in [0.25, 0.3) is 0 Å². The van der Waals surface area contributed by atoms with E-state index in [1.165, 1.54) is 31.5 Å². The maximum atomic E-state index is 11.2. The molecule has 36 heavy (non-hydrogen) atoms. The van der Waals surface area contributed by atoms with E-state index in [9.17, 15) is 4.79 Å². The van der Waals surface area contributed by atoms with Crippen molar-refractivity contribution in [1.82, 2.24) is 15.2 Å². The van der Waals surface area contributed by atoms with Crippen molar-refractivity contribution in [3.05, 3.63) is 75.6 Å². The van der Waals surface area contributed by atoms with Crippen LogP contribution in [-0.2, 0) is 6.54 Å². The number of hydrogen-bond acceptors (Lipinski definition) is 7. The molecule has 8 heteroatoms. The van der Waals surface area contributed by atoms with Crippen LogP contribution in [0.3, 0.4) is 0 Å². The van der Waals surface area contributed by atoms with E-state index in [2.05, 4.69) is 32.4 Å². The molecule has 0 unspecified atom stereocenters. The fourth-order valence-electron chi connectivity index (χ4n) is 4.37. The Morgan fingerprint density at radius 2 is 1.97 bits per heavy atom. The zero-order valence-corrected chi connectivity index (χ0v) is 21.3. The molecule has 2 aliphatic heterocycles. The van der Waals surface area contributed by atoms with Gasteiger partial charge in [-0.2, -0.15) is 0 Å². The van der Waals surface area contributed by atoms with Gasteiger partial charge in [-0.15, -0.1) is 0 Å². The number of anilines is 1. The van der Waals surface area contributed by atoms with Crippen molar-refractivity contribution < 1.29 is 9.47 Å². The van der Waals surface area contributed by atoms with E-state index >= 15 is 0 Å². The van der Waals surface area contributed by atoms with Gasteiger partial charge in [0.05, 0.1) is 13.7 Å². The second kappa shape index (κ2) is 13.0. The van der Waals surface area contributed by atoms with Gasteiger partial charge in [-0.25, -0.2) is 4.99 Å². The van der Waals surface area contributed by atoms with Crippen molar-refractivity contribution in [2.24, 2.45) is 4.99 Å². The second-order valence-corrected chi connectivity index (χ2v) is 9.26. The van der Waals surface area contributed by atoms with Crippen LogP contribution >= 0.6 is 0 Å². The van der Waals surface area contributed by atoms with Crippen LogP contribution in [0, 0.1) is 0 Å². The van der Waals surface area contributed by atoms with Crippen LogP contribution in [0.1, 0.15) is 44.6 Å². The third-order valence-electron chi connectivity index (χ3n) is 6.52. The van der Waals surface area contributed by atoms with Crippen LogP contribution in [0.25, 0.3) is 0 Å². The summed E-state index contributed by atoms with van der Waals surface area (Å²) >= 11 is 0. The van der Waals surface area contributed by atoms with Crippen molar-refractivity contribution in [2.75, 3.05) is 38.7 Å². The summed E-state index contributed by atoms with van der Waals surface area (Å²) in [6, 6.07) is 9.27. The summed E-state index contributed by atoms with van der Waals surface area (Å²) < 4.78 is 11.6. The van der Waals surface area contributed by atoms with Crippen molar-refractivity contribution in [2.45, 2.75) is 45.6 Å². The molecule has 1 aromatic heterocycles. The van der Waals surface area contributed by atoms with E-state index in [1.54, 1.807) is 19.4 Å². The number of hydrogen-bond donors (Lipinski definition) is 3. The number of aliphatic imine (C=N–C) groups is 1. The highest BCUT2D eigenvalue weighted by molar-refractivity contribution is 5.74. The summed E-state index contributed by atoms with van der Waals surface area (Å²) in [4.78, 5) is 21.1. The number of methoxy groups -OCH3 is 1. The van der Waals surface area contributed by atoms with Gasteiger partial charge in [0.15, 0.2) is 11.5 Å². The van der Waals surface area contributed by atoms with Gasteiger partial charge in [-0.1, -0.05) is 6.07 Å². The summed E-state index contributed by atoms with van der Waals surface area (Å²) in [6.07, 6.45) is 10.9. The fourth-order valence-corrected chi connectivity index (χ4v) is 4.37. The fraction of sp³-hybridized carbons (Fsp3) is 0.429. The van der Waals surface area contributed by atoms with Crippen molar-refractivity contribution in [3.63, 3.8) is 0 Å². The monoisotopic (exact) mass is 491 g/mol. The van der Waals surface area contributed by atoms with Crippen molar-refractivity contribution in [3.8, 4) is 11.5 Å². The first-order valence-corrected chi connectivity index (χ1v) is 12.8. The molecule has 2 aliphatic rings. The lowest BCUT2D eigenvalue weighted by atomic mass is 10.1. The van der Waals surface area contributed by atoms with Gasteiger partial charge in [-0.05, 0) is 81.5 Å². The first-order chi connectivity index (χ1) is 17.6. The van der Waals surface area contributed by atoms with Gasteiger partial charge in [0.1, 0.15) is 5.82 Å². The molecule has 0 spiro atoms. The summed E-state index contributed by atoms with van der Waals surface area (Å²) in [6.45, 7) is 6.91. The quantitative estimate of drug-likeness (QED) is 0.403. The summed E-state index contributed by atoms with van der Waals surface area (Å²) in [5, 5.41) is 6.90. The van der Waals surface area contributed by atoms with Gasteiger partial charge in [-0.3, -0.25) is 4.79 Å². The average molecular weight is 492 g/mol. The van der Waals surface area contributed by atoms with Crippen LogP contribution in [0.4, 0.5) is 5.69 Å². The standard InChI is InChI=1S/C28H37N5O3/c1-21-6-8-23(30-19-22-7-11-27(34)31-20-22)12-13-29-28(21)32-24-9-10-25(35-2)26(18-24)36-17-5-16-33-14-3-4-15-33/h7,9-13,18,20,30,32H,3-6,8,14-17,19H2,1-2H3,(H,31,34)/b23-12+,28-21-,29-13-. The molecule has 192 valence electrons. The molecule has 0 atom stereocenters. The summed E-state index contributed by atoms with van der Waals surface area (Å²) in [7, 11) is 1.67. The molecule has 1 fully saturated rings. The zero-order chi connectivity index (χ0) is 25.2. The van der Waals surface area contributed by atoms with E-state index in [0.717, 1.165) is 60.1 Å². The number of rotatable bonds is 11. The minimum Gasteiger partial charge on any atom is -0.493 e. The number of aromatic amines is 1. The Morgan fingerprint density at radius 3 is 2.75 bits per heavy atom. The molecule has 0 radical (unpaired) electrons. The van der Waals surface area contributed by atoms with Crippen LogP contribution in [-0.4, -0.2) is 49.4 Å². The molecule has 4 rings (SSSR count). The van der Waals surface area contributed by atoms with Gasteiger partial charge < -0.3 is 30.0 Å². The molecule has 1 aromatic carbocycles. The second-order valence-electron chi connectivity index (χ2n) is 9.26. The number of ether oxygens (including phenoxy) is 2. The van der Waals surface area contributed by atoms with Crippen LogP contribution in [0.5, 0.6) is 11.5 Å².